The number of anilines is 3. The third-order valence-electron chi connectivity index (χ3n) is 4.22. The van der Waals surface area contributed by atoms with Crippen LogP contribution in [0.5, 0.6) is 0 Å². The van der Waals surface area contributed by atoms with Crippen LogP contribution in [0.4, 0.5) is 16.8 Å². The largest absolute Gasteiger partial charge is 0.377 e. The molecule has 1 aromatic carbocycles. The molecule has 1 fully saturated rings. The minimum absolute atomic E-state index is 0.540. The van der Waals surface area contributed by atoms with E-state index in [-0.39, 0.29) is 0 Å². The lowest BCUT2D eigenvalue weighted by atomic mass is 10.3. The van der Waals surface area contributed by atoms with Gasteiger partial charge in [-0.15, -0.1) is 0 Å². The minimum Gasteiger partial charge on any atom is -0.377 e. The molecule has 30 heavy (non-hydrogen) atoms. The molecule has 0 amide bonds. The van der Waals surface area contributed by atoms with Gasteiger partial charge in [0.1, 0.15) is 0 Å². The maximum atomic E-state index is 5.70. The van der Waals surface area contributed by atoms with E-state index in [0.717, 1.165) is 10.8 Å². The molecule has 0 saturated carbocycles. The number of nitrogens with one attached hydrogen (secondary N) is 1. The zero-order chi connectivity index (χ0) is 20.7. The van der Waals surface area contributed by atoms with Gasteiger partial charge in [-0.05, 0) is 12.1 Å². The molecule has 1 aliphatic rings. The summed E-state index contributed by atoms with van der Waals surface area (Å²) in [7, 11) is 0. The van der Waals surface area contributed by atoms with Crippen LogP contribution in [0.1, 0.15) is 0 Å². The molecule has 0 radical (unpaired) electrons. The molecule has 1 aromatic heterocycles. The summed E-state index contributed by atoms with van der Waals surface area (Å²) in [5, 5.41) is 4.03. The Morgan fingerprint density at radius 1 is 0.700 bits per heavy atom. The number of aromatic nitrogens is 2. The minimum atomic E-state index is 0.540. The van der Waals surface area contributed by atoms with E-state index in [1.807, 2.05) is 30.3 Å². The molecule has 10 heteroatoms. The standard InChI is InChI=1S/C20H30N4O5S/c1-2-4-18(5-3-1)21-20-22-19(23-30-20)24-6-8-25-10-12-27-14-16-29-17-15-28-13-11-26-9-7-24/h1-5H,6-17H2,(H,21,22,23). The monoisotopic (exact) mass is 438 g/mol. The Kier molecular flexibility index (Phi) is 10.8. The Balaban J connectivity index is 1.51. The fourth-order valence-electron chi connectivity index (χ4n) is 2.68. The van der Waals surface area contributed by atoms with Gasteiger partial charge in [0, 0.05) is 30.3 Å². The highest BCUT2D eigenvalue weighted by Crippen LogP contribution is 2.22. The van der Waals surface area contributed by atoms with E-state index in [4.69, 9.17) is 23.7 Å². The van der Waals surface area contributed by atoms with Crippen LogP contribution in [-0.2, 0) is 23.7 Å². The second kappa shape index (κ2) is 14.2. The first kappa shape index (κ1) is 22.9. The summed E-state index contributed by atoms with van der Waals surface area (Å²) in [5.74, 6) is 0.671. The summed E-state index contributed by atoms with van der Waals surface area (Å²) < 4.78 is 32.3. The molecular formula is C20H30N4O5S. The van der Waals surface area contributed by atoms with Crippen LogP contribution < -0.4 is 10.2 Å². The predicted octanol–water partition coefficient (Wildman–Crippen LogP) is 2.18. The fourth-order valence-corrected chi connectivity index (χ4v) is 3.29. The van der Waals surface area contributed by atoms with Gasteiger partial charge in [-0.1, -0.05) is 18.2 Å². The highest BCUT2D eigenvalue weighted by molar-refractivity contribution is 7.10. The number of para-hydroxylation sites is 1. The van der Waals surface area contributed by atoms with Crippen LogP contribution in [0, 0.1) is 0 Å². The van der Waals surface area contributed by atoms with Crippen LogP contribution in [-0.4, -0.2) is 88.5 Å². The van der Waals surface area contributed by atoms with Crippen molar-refractivity contribution >= 4 is 28.3 Å². The first-order valence-electron chi connectivity index (χ1n) is 10.2. The van der Waals surface area contributed by atoms with Crippen molar-refractivity contribution in [3.8, 4) is 0 Å². The SMILES string of the molecule is c1ccc(Nc2nc(N3CCOCCOCCOCCOCCOCC3)ns2)cc1. The molecule has 2 heterocycles. The summed E-state index contributed by atoms with van der Waals surface area (Å²) in [6.45, 7) is 6.86. The second-order valence-electron chi connectivity index (χ2n) is 6.44. The Labute approximate surface area is 181 Å². The van der Waals surface area contributed by atoms with Crippen LogP contribution in [0.2, 0.25) is 0 Å². The van der Waals surface area contributed by atoms with E-state index in [2.05, 4.69) is 19.6 Å². The average Bonchev–Trinajstić information content (AvgIpc) is 3.22. The van der Waals surface area contributed by atoms with E-state index in [1.54, 1.807) is 0 Å². The van der Waals surface area contributed by atoms with E-state index in [1.165, 1.54) is 11.5 Å². The third-order valence-corrected chi connectivity index (χ3v) is 4.84. The molecule has 0 aliphatic carbocycles. The molecule has 0 atom stereocenters. The van der Waals surface area contributed by atoms with Crippen LogP contribution >= 0.6 is 11.5 Å². The van der Waals surface area contributed by atoms with Crippen molar-refractivity contribution in [1.82, 2.24) is 9.36 Å². The number of benzene rings is 1. The number of nitrogens with zero attached hydrogens (tertiary/aromatic N) is 3. The molecule has 0 spiro atoms. The lowest BCUT2D eigenvalue weighted by molar-refractivity contribution is -0.0116. The molecule has 3 rings (SSSR count). The van der Waals surface area contributed by atoms with Crippen LogP contribution in [0.15, 0.2) is 30.3 Å². The number of ether oxygens (including phenoxy) is 5. The molecule has 166 valence electrons. The van der Waals surface area contributed by atoms with Crippen LogP contribution in [0.3, 0.4) is 0 Å². The quantitative estimate of drug-likeness (QED) is 0.775. The zero-order valence-corrected chi connectivity index (χ0v) is 18.0. The average molecular weight is 439 g/mol. The molecule has 1 saturated heterocycles. The third kappa shape index (κ3) is 8.90. The zero-order valence-electron chi connectivity index (χ0n) is 17.2. The maximum absolute atomic E-state index is 5.70. The van der Waals surface area contributed by atoms with E-state index in [9.17, 15) is 0 Å². The predicted molar refractivity (Wildman–Crippen MR) is 116 cm³/mol. The van der Waals surface area contributed by atoms with Crippen molar-refractivity contribution < 1.29 is 23.7 Å². The number of hydrogen-bond acceptors (Lipinski definition) is 10. The summed E-state index contributed by atoms with van der Waals surface area (Å²) in [4.78, 5) is 6.70. The van der Waals surface area contributed by atoms with Crippen molar-refractivity contribution in [2.75, 3.05) is 89.4 Å². The summed E-state index contributed by atoms with van der Waals surface area (Å²) in [6.07, 6.45) is 0. The van der Waals surface area contributed by atoms with Crippen molar-refractivity contribution in [2.24, 2.45) is 0 Å². The smallest absolute Gasteiger partial charge is 0.239 e. The fraction of sp³-hybridized carbons (Fsp3) is 0.600. The molecule has 9 nitrogen and oxygen atoms in total. The Morgan fingerprint density at radius 2 is 1.20 bits per heavy atom. The van der Waals surface area contributed by atoms with Gasteiger partial charge in [0.05, 0.1) is 66.1 Å². The maximum Gasteiger partial charge on any atom is 0.239 e. The van der Waals surface area contributed by atoms with Gasteiger partial charge < -0.3 is 33.9 Å². The normalized spacial score (nSPS) is 19.0. The van der Waals surface area contributed by atoms with Gasteiger partial charge in [-0.3, -0.25) is 0 Å². The molecule has 1 aliphatic heterocycles. The number of rotatable bonds is 3. The molecule has 0 bridgehead atoms. The van der Waals surface area contributed by atoms with E-state index >= 15 is 0 Å². The van der Waals surface area contributed by atoms with Gasteiger partial charge in [0.2, 0.25) is 11.1 Å². The summed E-state index contributed by atoms with van der Waals surface area (Å²) in [6, 6.07) is 9.93. The van der Waals surface area contributed by atoms with Gasteiger partial charge in [0.25, 0.3) is 0 Å². The molecule has 2 aromatic rings. The van der Waals surface area contributed by atoms with Gasteiger partial charge >= 0.3 is 0 Å². The van der Waals surface area contributed by atoms with Gasteiger partial charge in [0.15, 0.2) is 0 Å². The molecular weight excluding hydrogens is 408 g/mol. The molecule has 0 unspecified atom stereocenters. The van der Waals surface area contributed by atoms with Crippen molar-refractivity contribution in [2.45, 2.75) is 0 Å². The first-order valence-corrected chi connectivity index (χ1v) is 11.0. The lowest BCUT2D eigenvalue weighted by Gasteiger charge is -2.21. The van der Waals surface area contributed by atoms with Crippen molar-refractivity contribution in [1.29, 1.82) is 0 Å². The van der Waals surface area contributed by atoms with Gasteiger partial charge in [-0.25, -0.2) is 0 Å². The number of hydrogen-bond donors (Lipinski definition) is 1. The van der Waals surface area contributed by atoms with E-state index < -0.39 is 0 Å². The van der Waals surface area contributed by atoms with Crippen LogP contribution in [0.25, 0.3) is 0 Å². The highest BCUT2D eigenvalue weighted by atomic mass is 32.1. The Bertz CT molecular complexity index is 673. The van der Waals surface area contributed by atoms with E-state index in [0.29, 0.717) is 85.1 Å². The second-order valence-corrected chi connectivity index (χ2v) is 7.19. The van der Waals surface area contributed by atoms with Crippen molar-refractivity contribution in [3.63, 3.8) is 0 Å². The van der Waals surface area contributed by atoms with Crippen molar-refractivity contribution in [3.05, 3.63) is 30.3 Å². The topological polar surface area (TPSA) is 87.2 Å². The van der Waals surface area contributed by atoms with Gasteiger partial charge in [-0.2, -0.15) is 9.36 Å². The Hall–Kier alpha value is -1.82. The lowest BCUT2D eigenvalue weighted by Crippen LogP contribution is -2.32. The summed E-state index contributed by atoms with van der Waals surface area (Å²) >= 11 is 1.33. The molecule has 1 N–H and O–H groups in total. The highest BCUT2D eigenvalue weighted by Gasteiger charge is 2.13. The summed E-state index contributed by atoms with van der Waals surface area (Å²) in [5.41, 5.74) is 0.983. The Morgan fingerprint density at radius 3 is 1.73 bits per heavy atom. The first-order chi connectivity index (χ1) is 14.9.